The van der Waals surface area contributed by atoms with Crippen LogP contribution in [0.3, 0.4) is 0 Å². The largest absolute Gasteiger partial charge is 0.269 e. The Morgan fingerprint density at radius 2 is 0.917 bits per heavy atom. The number of nitro groups is 2. The molecule has 0 saturated heterocycles. The molecule has 4 aliphatic carbocycles. The lowest BCUT2D eigenvalue weighted by Gasteiger charge is -2.56. The first-order valence-electron chi connectivity index (χ1n) is 11.7. The van der Waals surface area contributed by atoms with Crippen molar-refractivity contribution in [1.29, 1.82) is 0 Å². The molecule has 0 saturated carbocycles. The van der Waals surface area contributed by atoms with Gasteiger partial charge >= 0.3 is 0 Å². The first-order chi connectivity index (χ1) is 17.2. The van der Waals surface area contributed by atoms with Crippen LogP contribution in [0.25, 0.3) is 11.1 Å². The van der Waals surface area contributed by atoms with Gasteiger partial charge in [0.2, 0.25) is 0 Å². The highest BCUT2D eigenvalue weighted by atomic mass is 16.6. The number of hydrogen-bond donors (Lipinski definition) is 0. The zero-order valence-corrected chi connectivity index (χ0v) is 19.8. The van der Waals surface area contributed by atoms with Crippen molar-refractivity contribution in [3.05, 3.63) is 151 Å². The minimum absolute atomic E-state index is 0.0785. The minimum atomic E-state index is -0.384. The molecule has 4 aliphatic rings. The van der Waals surface area contributed by atoms with Crippen LogP contribution in [0, 0.1) is 31.1 Å². The van der Waals surface area contributed by atoms with Crippen molar-refractivity contribution >= 4 is 22.5 Å². The van der Waals surface area contributed by atoms with Gasteiger partial charge in [-0.2, -0.15) is 0 Å². The Morgan fingerprint density at radius 1 is 0.556 bits per heavy atom. The summed E-state index contributed by atoms with van der Waals surface area (Å²) >= 11 is 0. The fraction of sp³-hybridized carbons (Fsp3) is 0.133. The van der Waals surface area contributed by atoms with Gasteiger partial charge in [-0.25, -0.2) is 0 Å². The molecule has 6 rings (SSSR count). The van der Waals surface area contributed by atoms with Gasteiger partial charge in [-0.15, -0.1) is 0 Å². The van der Waals surface area contributed by atoms with Crippen molar-refractivity contribution in [2.24, 2.45) is 10.8 Å². The van der Waals surface area contributed by atoms with Crippen LogP contribution in [0.1, 0.15) is 25.0 Å². The van der Waals surface area contributed by atoms with Crippen molar-refractivity contribution in [1.82, 2.24) is 0 Å². The van der Waals surface area contributed by atoms with E-state index in [0.717, 1.165) is 22.3 Å². The van der Waals surface area contributed by atoms with Crippen LogP contribution in [0.4, 0.5) is 11.4 Å². The van der Waals surface area contributed by atoms with Crippen LogP contribution < -0.4 is 0 Å². The molecular formula is C30H22N2O4. The number of nitrogens with zero attached hydrogens (tertiary/aromatic N) is 2. The molecule has 6 heteroatoms. The summed E-state index contributed by atoms with van der Waals surface area (Å²) in [7, 11) is 0. The van der Waals surface area contributed by atoms with Gasteiger partial charge in [0, 0.05) is 35.1 Å². The number of hydrogen-bond acceptors (Lipinski definition) is 4. The molecule has 176 valence electrons. The van der Waals surface area contributed by atoms with Crippen LogP contribution >= 0.6 is 0 Å². The van der Waals surface area contributed by atoms with E-state index in [0.29, 0.717) is 0 Å². The first-order valence-corrected chi connectivity index (χ1v) is 11.7. The highest BCUT2D eigenvalue weighted by molar-refractivity contribution is 5.87. The molecule has 0 heterocycles. The molecular weight excluding hydrogens is 452 g/mol. The van der Waals surface area contributed by atoms with Crippen molar-refractivity contribution < 1.29 is 9.85 Å². The molecule has 2 aromatic rings. The van der Waals surface area contributed by atoms with Gasteiger partial charge in [-0.05, 0) is 68.8 Å². The van der Waals surface area contributed by atoms with Gasteiger partial charge in [0.1, 0.15) is 0 Å². The monoisotopic (exact) mass is 474 g/mol. The van der Waals surface area contributed by atoms with E-state index in [2.05, 4.69) is 62.5 Å². The summed E-state index contributed by atoms with van der Waals surface area (Å²) in [6.07, 6.45) is 17.4. The van der Waals surface area contributed by atoms with Crippen LogP contribution in [0.15, 0.2) is 119 Å². The lowest BCUT2D eigenvalue weighted by atomic mass is 9.46. The van der Waals surface area contributed by atoms with Crippen LogP contribution in [-0.4, -0.2) is 9.85 Å². The van der Waals surface area contributed by atoms with Gasteiger partial charge in [0.05, 0.1) is 9.85 Å². The molecule has 2 aromatic carbocycles. The Hall–Kier alpha value is -4.58. The second-order valence-electron chi connectivity index (χ2n) is 9.83. The lowest BCUT2D eigenvalue weighted by Crippen LogP contribution is -2.47. The van der Waals surface area contributed by atoms with Gasteiger partial charge in [-0.3, -0.25) is 20.2 Å². The van der Waals surface area contributed by atoms with E-state index < -0.39 is 0 Å². The summed E-state index contributed by atoms with van der Waals surface area (Å²) in [5.74, 6) is 0. The predicted molar refractivity (Wildman–Crippen MR) is 140 cm³/mol. The molecule has 2 atom stereocenters. The molecule has 0 radical (unpaired) electrons. The number of allylic oxidation sites excluding steroid dienone is 14. The SMILES string of the molecule is CC12C3=CC=C4C=C(c5ccc([N+](=O)[O-])cc5)C=C(C=CC1=CC(c1ccc([N+](=O)[O-])cc1)=C3)C42C. The molecule has 0 bridgehead atoms. The van der Waals surface area contributed by atoms with Crippen LogP contribution in [0.5, 0.6) is 0 Å². The smallest absolute Gasteiger partial charge is 0.258 e. The number of nitro benzene ring substituents is 2. The normalized spacial score (nSPS) is 25.4. The second kappa shape index (κ2) is 7.46. The maximum atomic E-state index is 11.1. The zero-order chi connectivity index (χ0) is 25.2. The summed E-state index contributed by atoms with van der Waals surface area (Å²) in [4.78, 5) is 21.4. The Morgan fingerprint density at radius 3 is 1.25 bits per heavy atom. The molecule has 0 aliphatic heterocycles. The quantitative estimate of drug-likeness (QED) is 0.344. The average Bonchev–Trinajstić information content (AvgIpc) is 2.87. The third-order valence-corrected chi connectivity index (χ3v) is 8.26. The Bertz CT molecular complexity index is 1460. The molecule has 0 aromatic heterocycles. The summed E-state index contributed by atoms with van der Waals surface area (Å²) in [6, 6.07) is 13.4. The van der Waals surface area contributed by atoms with Gasteiger partial charge < -0.3 is 0 Å². The molecule has 36 heavy (non-hydrogen) atoms. The Balaban J connectivity index is 1.46. The second-order valence-corrected chi connectivity index (χ2v) is 9.83. The zero-order valence-electron chi connectivity index (χ0n) is 19.8. The average molecular weight is 475 g/mol. The van der Waals surface area contributed by atoms with Crippen molar-refractivity contribution in [2.75, 3.05) is 0 Å². The summed E-state index contributed by atoms with van der Waals surface area (Å²) < 4.78 is 0. The van der Waals surface area contributed by atoms with E-state index >= 15 is 0 Å². The van der Waals surface area contributed by atoms with Crippen LogP contribution in [0.2, 0.25) is 0 Å². The molecule has 0 fully saturated rings. The van der Waals surface area contributed by atoms with E-state index in [1.165, 1.54) is 22.3 Å². The number of non-ortho nitro benzene ring substituents is 2. The predicted octanol–water partition coefficient (Wildman–Crippen LogP) is 7.30. The van der Waals surface area contributed by atoms with Gasteiger partial charge in [0.25, 0.3) is 11.4 Å². The van der Waals surface area contributed by atoms with Gasteiger partial charge in [-0.1, -0.05) is 62.5 Å². The molecule has 2 unspecified atom stereocenters. The third kappa shape index (κ3) is 2.91. The van der Waals surface area contributed by atoms with E-state index in [4.69, 9.17) is 0 Å². The fourth-order valence-corrected chi connectivity index (χ4v) is 5.92. The third-order valence-electron chi connectivity index (χ3n) is 8.26. The maximum Gasteiger partial charge on any atom is 0.269 e. The van der Waals surface area contributed by atoms with Crippen molar-refractivity contribution in [2.45, 2.75) is 13.8 Å². The van der Waals surface area contributed by atoms with Crippen LogP contribution in [-0.2, 0) is 0 Å². The molecule has 0 spiro atoms. The van der Waals surface area contributed by atoms with E-state index in [-0.39, 0.29) is 32.1 Å². The fourth-order valence-electron chi connectivity index (χ4n) is 5.92. The molecule has 0 amide bonds. The molecule has 0 N–H and O–H groups in total. The lowest BCUT2D eigenvalue weighted by molar-refractivity contribution is -0.385. The van der Waals surface area contributed by atoms with Crippen molar-refractivity contribution in [3.63, 3.8) is 0 Å². The minimum Gasteiger partial charge on any atom is -0.258 e. The number of rotatable bonds is 4. The summed E-state index contributed by atoms with van der Waals surface area (Å²) in [5.41, 5.74) is 8.32. The van der Waals surface area contributed by atoms with Gasteiger partial charge in [0.15, 0.2) is 0 Å². The Kier molecular flexibility index (Phi) is 4.54. The van der Waals surface area contributed by atoms with Crippen molar-refractivity contribution in [3.8, 4) is 0 Å². The first kappa shape index (κ1) is 21.9. The highest BCUT2D eigenvalue weighted by Gasteiger charge is 2.56. The standard InChI is InChI=1S/C30H22N2O4/c1-29-23-7-9-25-17-22(20-5-13-28(14-6-20)32(35)36)18-26(30(25,29)2)10-8-24(29)16-21(15-23)19-3-11-27(12-4-19)31(33)34/h3-18H,1-2H3. The summed E-state index contributed by atoms with van der Waals surface area (Å²) in [6.45, 7) is 4.56. The van der Waals surface area contributed by atoms with E-state index in [1.54, 1.807) is 48.5 Å². The summed E-state index contributed by atoms with van der Waals surface area (Å²) in [5, 5.41) is 22.1. The highest BCUT2D eigenvalue weighted by Crippen LogP contribution is 2.66. The number of benzene rings is 2. The van der Waals surface area contributed by atoms with E-state index in [9.17, 15) is 20.2 Å². The molecule has 6 nitrogen and oxygen atoms in total. The van der Waals surface area contributed by atoms with E-state index in [1.807, 2.05) is 0 Å². The Labute approximate surface area is 208 Å². The maximum absolute atomic E-state index is 11.1. The topological polar surface area (TPSA) is 86.3 Å².